The number of ether oxygens (including phenoxy) is 1. The van der Waals surface area contributed by atoms with Gasteiger partial charge in [-0.15, -0.1) is 0 Å². The molecule has 1 amide bonds. The van der Waals surface area contributed by atoms with Gasteiger partial charge < -0.3 is 15.2 Å². The summed E-state index contributed by atoms with van der Waals surface area (Å²) in [6, 6.07) is 3.59. The lowest BCUT2D eigenvalue weighted by molar-refractivity contribution is -0.384. The van der Waals surface area contributed by atoms with Crippen molar-refractivity contribution in [1.29, 1.82) is 0 Å². The lowest BCUT2D eigenvalue weighted by Gasteiger charge is -2.08. The molecule has 0 radical (unpaired) electrons. The van der Waals surface area contributed by atoms with Gasteiger partial charge in [0.2, 0.25) is 5.91 Å². The maximum Gasteiger partial charge on any atom is 0.312 e. The van der Waals surface area contributed by atoms with E-state index in [0.717, 1.165) is 6.07 Å². The first-order valence-corrected chi connectivity index (χ1v) is 4.78. The van der Waals surface area contributed by atoms with Crippen LogP contribution in [0.3, 0.4) is 0 Å². The molecule has 1 aromatic carbocycles. The predicted octanol–water partition coefficient (Wildman–Crippen LogP) is 1.02. The molecule has 8 nitrogen and oxygen atoms in total. The number of methoxy groups -OCH3 is 1. The molecule has 0 saturated carbocycles. The minimum absolute atomic E-state index is 0.0861. The zero-order valence-corrected chi connectivity index (χ0v) is 9.37. The largest absolute Gasteiger partial charge is 0.494 e. The maximum absolute atomic E-state index is 11.2. The summed E-state index contributed by atoms with van der Waals surface area (Å²) in [5.41, 5.74) is -0.0163. The van der Waals surface area contributed by atoms with Crippen molar-refractivity contribution in [3.05, 3.63) is 28.3 Å². The Labute approximate surface area is 101 Å². The summed E-state index contributed by atoms with van der Waals surface area (Å²) in [4.78, 5) is 31.5. The van der Waals surface area contributed by atoms with Crippen LogP contribution in [0.25, 0.3) is 0 Å². The normalized spacial score (nSPS) is 9.61. The zero-order valence-electron chi connectivity index (χ0n) is 9.37. The van der Waals surface area contributed by atoms with Gasteiger partial charge in [0, 0.05) is 6.07 Å². The smallest absolute Gasteiger partial charge is 0.312 e. The molecule has 0 atom stereocenters. The highest BCUT2D eigenvalue weighted by atomic mass is 16.6. The summed E-state index contributed by atoms with van der Waals surface area (Å²) in [6.07, 6.45) is -0.694. The van der Waals surface area contributed by atoms with Gasteiger partial charge in [0.25, 0.3) is 5.69 Å². The van der Waals surface area contributed by atoms with Crippen LogP contribution in [0.1, 0.15) is 6.42 Å². The number of amides is 1. The van der Waals surface area contributed by atoms with E-state index in [2.05, 4.69) is 5.32 Å². The number of nitrogens with zero attached hydrogens (tertiary/aromatic N) is 1. The Morgan fingerprint density at radius 2 is 2.17 bits per heavy atom. The molecule has 0 heterocycles. The summed E-state index contributed by atoms with van der Waals surface area (Å²) in [5.74, 6) is -1.93. The van der Waals surface area contributed by atoms with Gasteiger partial charge in [-0.1, -0.05) is 0 Å². The second-order valence-corrected chi connectivity index (χ2v) is 3.26. The Kier molecular flexibility index (Phi) is 4.19. The van der Waals surface area contributed by atoms with Gasteiger partial charge in [-0.05, 0) is 6.07 Å². The van der Waals surface area contributed by atoms with E-state index in [0.29, 0.717) is 0 Å². The van der Waals surface area contributed by atoms with Crippen LogP contribution in [-0.4, -0.2) is 29.0 Å². The average molecular weight is 254 g/mol. The first kappa shape index (κ1) is 13.4. The number of carbonyl (C=O) groups excluding carboxylic acids is 1. The van der Waals surface area contributed by atoms with Gasteiger partial charge in [-0.3, -0.25) is 19.7 Å². The van der Waals surface area contributed by atoms with Crippen molar-refractivity contribution < 1.29 is 24.4 Å². The number of carbonyl (C=O) groups is 2. The van der Waals surface area contributed by atoms with E-state index in [1.165, 1.54) is 19.2 Å². The number of carboxylic acid groups (broad SMARTS) is 1. The molecule has 18 heavy (non-hydrogen) atoms. The molecule has 0 bridgehead atoms. The van der Waals surface area contributed by atoms with E-state index in [9.17, 15) is 19.7 Å². The van der Waals surface area contributed by atoms with Crippen LogP contribution in [0.15, 0.2) is 18.2 Å². The number of nitrogens with one attached hydrogen (secondary N) is 1. The summed E-state index contributed by atoms with van der Waals surface area (Å²) < 4.78 is 4.88. The molecule has 0 aromatic heterocycles. The Balaban J connectivity index is 2.92. The molecule has 0 aliphatic heterocycles. The molecular formula is C10H10N2O6. The number of hydrogen-bond acceptors (Lipinski definition) is 5. The number of carboxylic acids is 1. The third kappa shape index (κ3) is 3.44. The predicted molar refractivity (Wildman–Crippen MR) is 60.5 cm³/mol. The number of nitro benzene ring substituents is 1. The van der Waals surface area contributed by atoms with Crippen LogP contribution in [0.5, 0.6) is 5.75 Å². The molecule has 0 spiro atoms. The quantitative estimate of drug-likeness (QED) is 0.460. The van der Waals surface area contributed by atoms with E-state index in [-0.39, 0.29) is 17.1 Å². The first-order valence-electron chi connectivity index (χ1n) is 4.78. The minimum Gasteiger partial charge on any atom is -0.494 e. The van der Waals surface area contributed by atoms with Crippen molar-refractivity contribution in [1.82, 2.24) is 0 Å². The van der Waals surface area contributed by atoms with Crippen LogP contribution in [-0.2, 0) is 9.59 Å². The summed E-state index contributed by atoms with van der Waals surface area (Å²) in [5, 5.41) is 21.2. The van der Waals surface area contributed by atoms with Gasteiger partial charge in [-0.2, -0.15) is 0 Å². The summed E-state index contributed by atoms with van der Waals surface area (Å²) in [6.45, 7) is 0. The number of hydrogen-bond donors (Lipinski definition) is 2. The van der Waals surface area contributed by atoms with Crippen LogP contribution < -0.4 is 10.1 Å². The number of aliphatic carboxylic acids is 1. The fourth-order valence-electron chi connectivity index (χ4n) is 1.23. The Hall–Kier alpha value is -2.64. The van der Waals surface area contributed by atoms with Crippen molar-refractivity contribution in [3.8, 4) is 5.75 Å². The van der Waals surface area contributed by atoms with Crippen LogP contribution in [0.4, 0.5) is 11.4 Å². The lowest BCUT2D eigenvalue weighted by Crippen LogP contribution is -2.16. The molecule has 8 heteroatoms. The number of anilines is 1. The van der Waals surface area contributed by atoms with Gasteiger partial charge >= 0.3 is 5.97 Å². The van der Waals surface area contributed by atoms with Gasteiger partial charge in [0.05, 0.1) is 23.8 Å². The number of nitro groups is 1. The molecule has 1 aromatic rings. The third-order valence-corrected chi connectivity index (χ3v) is 1.98. The number of non-ortho nitro benzene ring substituents is 1. The molecule has 0 unspecified atom stereocenters. The third-order valence-electron chi connectivity index (χ3n) is 1.98. The summed E-state index contributed by atoms with van der Waals surface area (Å²) in [7, 11) is 1.28. The molecule has 0 saturated heterocycles. The van der Waals surface area contributed by atoms with E-state index in [1.807, 2.05) is 0 Å². The Morgan fingerprint density at radius 3 is 2.67 bits per heavy atom. The van der Waals surface area contributed by atoms with E-state index < -0.39 is 23.2 Å². The topological polar surface area (TPSA) is 119 Å². The maximum atomic E-state index is 11.2. The van der Waals surface area contributed by atoms with E-state index in [1.54, 1.807) is 0 Å². The average Bonchev–Trinajstić information content (AvgIpc) is 2.27. The van der Waals surface area contributed by atoms with Crippen LogP contribution in [0, 0.1) is 10.1 Å². The monoisotopic (exact) mass is 254 g/mol. The molecule has 2 N–H and O–H groups in total. The van der Waals surface area contributed by atoms with E-state index in [4.69, 9.17) is 9.84 Å². The molecule has 0 aliphatic carbocycles. The molecule has 96 valence electrons. The fourth-order valence-corrected chi connectivity index (χ4v) is 1.23. The highest BCUT2D eigenvalue weighted by Gasteiger charge is 2.14. The second-order valence-electron chi connectivity index (χ2n) is 3.26. The number of benzene rings is 1. The Morgan fingerprint density at radius 1 is 1.50 bits per heavy atom. The van der Waals surface area contributed by atoms with Crippen molar-refractivity contribution in [2.45, 2.75) is 6.42 Å². The van der Waals surface area contributed by atoms with Gasteiger partial charge in [0.15, 0.2) is 0 Å². The molecular weight excluding hydrogens is 244 g/mol. The number of rotatable bonds is 5. The molecule has 0 aliphatic rings. The summed E-state index contributed by atoms with van der Waals surface area (Å²) >= 11 is 0. The van der Waals surface area contributed by atoms with Crippen LogP contribution in [0.2, 0.25) is 0 Å². The van der Waals surface area contributed by atoms with Crippen molar-refractivity contribution in [2.24, 2.45) is 0 Å². The SMILES string of the molecule is COc1cc([N+](=O)[O-])ccc1NC(=O)CC(=O)O. The van der Waals surface area contributed by atoms with Gasteiger partial charge in [-0.25, -0.2) is 0 Å². The first-order chi connectivity index (χ1) is 8.43. The van der Waals surface area contributed by atoms with Gasteiger partial charge in [0.1, 0.15) is 12.2 Å². The van der Waals surface area contributed by atoms with Crippen LogP contribution >= 0.6 is 0 Å². The van der Waals surface area contributed by atoms with Crippen molar-refractivity contribution >= 4 is 23.3 Å². The second kappa shape index (κ2) is 5.62. The fraction of sp³-hybridized carbons (Fsp3) is 0.200. The highest BCUT2D eigenvalue weighted by molar-refractivity contribution is 6.02. The lowest BCUT2D eigenvalue weighted by atomic mass is 10.2. The van der Waals surface area contributed by atoms with E-state index >= 15 is 0 Å². The van der Waals surface area contributed by atoms with Crippen molar-refractivity contribution in [3.63, 3.8) is 0 Å². The zero-order chi connectivity index (χ0) is 13.7. The van der Waals surface area contributed by atoms with Crippen molar-refractivity contribution in [2.75, 3.05) is 12.4 Å². The minimum atomic E-state index is -1.27. The molecule has 1 rings (SSSR count). The Bertz CT molecular complexity index is 499. The highest BCUT2D eigenvalue weighted by Crippen LogP contribution is 2.28. The molecule has 0 fully saturated rings. The standard InChI is InChI=1S/C10H10N2O6/c1-18-8-4-6(12(16)17)2-3-7(8)11-9(13)5-10(14)15/h2-4H,5H2,1H3,(H,11,13)(H,14,15).